The Morgan fingerprint density at radius 2 is 2.21 bits per heavy atom. The van der Waals surface area contributed by atoms with Crippen LogP contribution in [0.4, 0.5) is 0 Å². The average Bonchev–Trinajstić information content (AvgIpc) is 2.36. The SMILES string of the molecule is CC(C)CN(CCC#N)C(=O)c1cc(Br)ccc1O. The lowest BCUT2D eigenvalue weighted by Crippen LogP contribution is -2.35. The standard InChI is InChI=1S/C14H17BrN2O2/c1-10(2)9-17(7-3-6-16)14(19)12-8-11(15)4-5-13(12)18/h4-5,8,10,18H,3,7,9H2,1-2H3. The maximum Gasteiger partial charge on any atom is 0.257 e. The Balaban J connectivity index is 2.97. The predicted octanol–water partition coefficient (Wildman–Crippen LogP) is 3.17. The van der Waals surface area contributed by atoms with Gasteiger partial charge in [0, 0.05) is 17.6 Å². The van der Waals surface area contributed by atoms with Crippen LogP contribution in [0, 0.1) is 17.2 Å². The first kappa shape index (κ1) is 15.5. The van der Waals surface area contributed by atoms with Gasteiger partial charge < -0.3 is 10.0 Å². The first-order valence-corrected chi connectivity index (χ1v) is 6.89. The number of nitrogens with zero attached hydrogens (tertiary/aromatic N) is 2. The van der Waals surface area contributed by atoms with Crippen molar-refractivity contribution in [3.8, 4) is 11.8 Å². The van der Waals surface area contributed by atoms with Crippen molar-refractivity contribution in [1.82, 2.24) is 4.90 Å². The van der Waals surface area contributed by atoms with E-state index in [-0.39, 0.29) is 23.6 Å². The molecule has 1 N–H and O–H groups in total. The second-order valence-electron chi connectivity index (χ2n) is 4.71. The number of rotatable bonds is 5. The van der Waals surface area contributed by atoms with Crippen molar-refractivity contribution >= 4 is 21.8 Å². The number of hydrogen-bond acceptors (Lipinski definition) is 3. The van der Waals surface area contributed by atoms with Gasteiger partial charge in [0.25, 0.3) is 5.91 Å². The van der Waals surface area contributed by atoms with E-state index in [2.05, 4.69) is 15.9 Å². The highest BCUT2D eigenvalue weighted by Crippen LogP contribution is 2.23. The number of phenols is 1. The van der Waals surface area contributed by atoms with Crippen LogP contribution in [0.1, 0.15) is 30.6 Å². The zero-order chi connectivity index (χ0) is 14.4. The Morgan fingerprint density at radius 3 is 2.79 bits per heavy atom. The molecular weight excluding hydrogens is 308 g/mol. The molecule has 0 aliphatic heterocycles. The quantitative estimate of drug-likeness (QED) is 0.904. The molecule has 4 nitrogen and oxygen atoms in total. The van der Waals surface area contributed by atoms with Crippen LogP contribution in [0.2, 0.25) is 0 Å². The number of hydrogen-bond donors (Lipinski definition) is 1. The van der Waals surface area contributed by atoms with E-state index in [0.717, 1.165) is 4.47 Å². The van der Waals surface area contributed by atoms with E-state index in [9.17, 15) is 9.90 Å². The van der Waals surface area contributed by atoms with Crippen LogP contribution in [0.5, 0.6) is 5.75 Å². The molecule has 19 heavy (non-hydrogen) atoms. The molecule has 0 fully saturated rings. The molecule has 0 aliphatic rings. The third-order valence-corrected chi connectivity index (χ3v) is 3.05. The number of aromatic hydroxyl groups is 1. The number of amides is 1. The van der Waals surface area contributed by atoms with Crippen LogP contribution < -0.4 is 0 Å². The fraction of sp³-hybridized carbons (Fsp3) is 0.429. The Morgan fingerprint density at radius 1 is 1.53 bits per heavy atom. The lowest BCUT2D eigenvalue weighted by molar-refractivity contribution is 0.0737. The fourth-order valence-electron chi connectivity index (χ4n) is 1.75. The molecule has 0 radical (unpaired) electrons. The van der Waals surface area contributed by atoms with Crippen LogP contribution in [0.3, 0.4) is 0 Å². The second-order valence-corrected chi connectivity index (χ2v) is 5.63. The van der Waals surface area contributed by atoms with Gasteiger partial charge in [0.15, 0.2) is 0 Å². The smallest absolute Gasteiger partial charge is 0.257 e. The van der Waals surface area contributed by atoms with Gasteiger partial charge in [-0.15, -0.1) is 0 Å². The maximum absolute atomic E-state index is 12.4. The summed E-state index contributed by atoms with van der Waals surface area (Å²) in [7, 11) is 0. The predicted molar refractivity (Wildman–Crippen MR) is 76.8 cm³/mol. The van der Waals surface area contributed by atoms with Crippen molar-refractivity contribution in [2.45, 2.75) is 20.3 Å². The van der Waals surface area contributed by atoms with E-state index < -0.39 is 0 Å². The van der Waals surface area contributed by atoms with Crippen LogP contribution in [-0.4, -0.2) is 29.0 Å². The molecular formula is C14H17BrN2O2. The normalized spacial score (nSPS) is 10.3. The van der Waals surface area contributed by atoms with Gasteiger partial charge in [-0.1, -0.05) is 29.8 Å². The largest absolute Gasteiger partial charge is 0.507 e. The number of carbonyl (C=O) groups excluding carboxylic acids is 1. The zero-order valence-corrected chi connectivity index (χ0v) is 12.6. The monoisotopic (exact) mass is 324 g/mol. The molecule has 0 heterocycles. The molecule has 1 rings (SSSR count). The van der Waals surface area contributed by atoms with Crippen molar-refractivity contribution in [1.29, 1.82) is 5.26 Å². The summed E-state index contributed by atoms with van der Waals surface area (Å²) in [5.74, 6) is 0.0126. The minimum atomic E-state index is -0.247. The Hall–Kier alpha value is -1.54. The molecule has 0 spiro atoms. The number of halogens is 1. The number of carbonyl (C=O) groups is 1. The van der Waals surface area contributed by atoms with Gasteiger partial charge in [-0.05, 0) is 24.1 Å². The van der Waals surface area contributed by atoms with E-state index >= 15 is 0 Å². The van der Waals surface area contributed by atoms with Gasteiger partial charge in [-0.3, -0.25) is 4.79 Å². The van der Waals surface area contributed by atoms with Gasteiger partial charge in [0.2, 0.25) is 0 Å². The van der Waals surface area contributed by atoms with Gasteiger partial charge in [0.05, 0.1) is 18.1 Å². The summed E-state index contributed by atoms with van der Waals surface area (Å²) in [6.07, 6.45) is 0.285. The first-order valence-electron chi connectivity index (χ1n) is 6.10. The summed E-state index contributed by atoms with van der Waals surface area (Å²) in [6.45, 7) is 4.95. The highest BCUT2D eigenvalue weighted by molar-refractivity contribution is 9.10. The Labute approximate surface area is 121 Å². The van der Waals surface area contributed by atoms with E-state index in [4.69, 9.17) is 5.26 Å². The van der Waals surface area contributed by atoms with E-state index in [1.807, 2.05) is 19.9 Å². The van der Waals surface area contributed by atoms with Crippen LogP contribution >= 0.6 is 15.9 Å². The van der Waals surface area contributed by atoms with Gasteiger partial charge in [-0.2, -0.15) is 5.26 Å². The molecule has 5 heteroatoms. The molecule has 1 amide bonds. The van der Waals surface area contributed by atoms with Crippen molar-refractivity contribution in [2.75, 3.05) is 13.1 Å². The molecule has 0 saturated carbocycles. The zero-order valence-electron chi connectivity index (χ0n) is 11.1. The minimum absolute atomic E-state index is 0.0427. The molecule has 0 bridgehead atoms. The summed E-state index contributed by atoms with van der Waals surface area (Å²) in [5, 5.41) is 18.4. The van der Waals surface area contributed by atoms with Crippen LogP contribution in [0.15, 0.2) is 22.7 Å². The van der Waals surface area contributed by atoms with E-state index in [1.54, 1.807) is 17.0 Å². The van der Waals surface area contributed by atoms with Crippen molar-refractivity contribution in [3.05, 3.63) is 28.2 Å². The van der Waals surface area contributed by atoms with Crippen molar-refractivity contribution < 1.29 is 9.90 Å². The lowest BCUT2D eigenvalue weighted by atomic mass is 10.1. The topological polar surface area (TPSA) is 64.3 Å². The molecule has 0 saturated heterocycles. The molecule has 1 aromatic rings. The number of benzene rings is 1. The second kappa shape index (κ2) is 7.15. The summed E-state index contributed by atoms with van der Waals surface area (Å²) >= 11 is 3.28. The fourth-order valence-corrected chi connectivity index (χ4v) is 2.11. The molecule has 1 aromatic carbocycles. The third-order valence-electron chi connectivity index (χ3n) is 2.56. The Kier molecular flexibility index (Phi) is 5.84. The summed E-state index contributed by atoms with van der Waals surface area (Å²) < 4.78 is 0.735. The summed E-state index contributed by atoms with van der Waals surface area (Å²) in [4.78, 5) is 14.0. The number of nitriles is 1. The first-order chi connectivity index (χ1) is 8.95. The highest BCUT2D eigenvalue weighted by Gasteiger charge is 2.19. The molecule has 0 aliphatic carbocycles. The van der Waals surface area contributed by atoms with E-state index in [1.165, 1.54) is 6.07 Å². The van der Waals surface area contributed by atoms with Crippen LogP contribution in [0.25, 0.3) is 0 Å². The molecule has 0 atom stereocenters. The molecule has 0 aromatic heterocycles. The minimum Gasteiger partial charge on any atom is -0.507 e. The molecule has 102 valence electrons. The summed E-state index contributed by atoms with van der Waals surface area (Å²) in [6, 6.07) is 6.79. The van der Waals surface area contributed by atoms with E-state index in [0.29, 0.717) is 19.0 Å². The maximum atomic E-state index is 12.4. The average molecular weight is 325 g/mol. The van der Waals surface area contributed by atoms with Gasteiger partial charge in [0.1, 0.15) is 5.75 Å². The number of phenolic OH excluding ortho intramolecular Hbond substituents is 1. The highest BCUT2D eigenvalue weighted by atomic mass is 79.9. The summed E-state index contributed by atoms with van der Waals surface area (Å²) in [5.41, 5.74) is 0.257. The third kappa shape index (κ3) is 4.56. The molecule has 0 unspecified atom stereocenters. The van der Waals surface area contributed by atoms with Gasteiger partial charge in [-0.25, -0.2) is 0 Å². The lowest BCUT2D eigenvalue weighted by Gasteiger charge is -2.24. The van der Waals surface area contributed by atoms with Gasteiger partial charge >= 0.3 is 0 Å². The van der Waals surface area contributed by atoms with Crippen molar-refractivity contribution in [2.24, 2.45) is 5.92 Å². The van der Waals surface area contributed by atoms with Crippen LogP contribution in [-0.2, 0) is 0 Å². The Bertz CT molecular complexity index is 495. The van der Waals surface area contributed by atoms with Crippen molar-refractivity contribution in [3.63, 3.8) is 0 Å².